The highest BCUT2D eigenvalue weighted by atomic mass is 16.2. The van der Waals surface area contributed by atoms with Crippen LogP contribution in [0.4, 0.5) is 5.69 Å². The van der Waals surface area contributed by atoms with Gasteiger partial charge in [-0.2, -0.15) is 0 Å². The van der Waals surface area contributed by atoms with Crippen LogP contribution in [0.1, 0.15) is 31.7 Å². The quantitative estimate of drug-likeness (QED) is 0.416. The summed E-state index contributed by atoms with van der Waals surface area (Å²) in [5.74, 6) is 0. The number of aryl methyl sites for hydroxylation is 1. The number of anilines is 1. The average Bonchev–Trinajstić information content (AvgIpc) is 2.21. The first-order chi connectivity index (χ1) is 6.77. The van der Waals surface area contributed by atoms with Crippen LogP contribution in [0.5, 0.6) is 0 Å². The summed E-state index contributed by atoms with van der Waals surface area (Å²) < 4.78 is 0. The standard InChI is InChI=1S/C11H17BNO/c1-2-3-4-5-9-8-10(12-14)6-7-11(9)13/h6-8,14H,2-5,13H2,1H3. The highest BCUT2D eigenvalue weighted by Gasteiger charge is 2.01. The first kappa shape index (κ1) is 11.1. The van der Waals surface area contributed by atoms with Crippen LogP contribution >= 0.6 is 0 Å². The van der Waals surface area contributed by atoms with Gasteiger partial charge in [-0.15, -0.1) is 0 Å². The molecule has 0 bridgehead atoms. The Morgan fingerprint density at radius 2 is 2.14 bits per heavy atom. The zero-order valence-electron chi connectivity index (χ0n) is 8.66. The van der Waals surface area contributed by atoms with Gasteiger partial charge < -0.3 is 10.8 Å². The number of nitrogen functional groups attached to an aromatic ring is 1. The predicted molar refractivity (Wildman–Crippen MR) is 61.7 cm³/mol. The zero-order valence-corrected chi connectivity index (χ0v) is 8.66. The van der Waals surface area contributed by atoms with Crippen molar-refractivity contribution in [2.45, 2.75) is 32.6 Å². The minimum atomic E-state index is 0.825. The fourth-order valence-corrected chi connectivity index (χ4v) is 1.49. The number of nitrogens with two attached hydrogens (primary N) is 1. The van der Waals surface area contributed by atoms with Gasteiger partial charge >= 0.3 is 7.48 Å². The highest BCUT2D eigenvalue weighted by Crippen LogP contribution is 2.13. The summed E-state index contributed by atoms with van der Waals surface area (Å²) >= 11 is 0. The van der Waals surface area contributed by atoms with Crippen molar-refractivity contribution in [2.24, 2.45) is 0 Å². The van der Waals surface area contributed by atoms with Gasteiger partial charge in [0.2, 0.25) is 0 Å². The third-order valence-corrected chi connectivity index (χ3v) is 2.37. The molecule has 1 aromatic rings. The van der Waals surface area contributed by atoms with Crippen molar-refractivity contribution in [3.05, 3.63) is 23.8 Å². The molecular weight excluding hydrogens is 173 g/mol. The van der Waals surface area contributed by atoms with E-state index in [-0.39, 0.29) is 0 Å². The molecule has 0 atom stereocenters. The molecule has 0 aromatic heterocycles. The Morgan fingerprint density at radius 1 is 1.36 bits per heavy atom. The molecule has 1 aromatic carbocycles. The van der Waals surface area contributed by atoms with E-state index in [0.29, 0.717) is 0 Å². The molecule has 3 N–H and O–H groups in total. The molecular formula is C11H17BNO. The molecule has 1 rings (SSSR count). The maximum atomic E-state index is 8.86. The second-order valence-corrected chi connectivity index (χ2v) is 3.54. The van der Waals surface area contributed by atoms with E-state index in [1.807, 2.05) is 18.2 Å². The second kappa shape index (κ2) is 5.71. The van der Waals surface area contributed by atoms with Crippen LogP contribution in [0.3, 0.4) is 0 Å². The summed E-state index contributed by atoms with van der Waals surface area (Å²) in [4.78, 5) is 0. The number of hydrogen-bond donors (Lipinski definition) is 2. The van der Waals surface area contributed by atoms with Gasteiger partial charge in [-0.3, -0.25) is 0 Å². The van der Waals surface area contributed by atoms with Crippen LogP contribution in [0.2, 0.25) is 0 Å². The molecule has 0 aliphatic carbocycles. The fourth-order valence-electron chi connectivity index (χ4n) is 1.49. The van der Waals surface area contributed by atoms with Gasteiger partial charge in [0.05, 0.1) is 0 Å². The van der Waals surface area contributed by atoms with E-state index in [1.54, 1.807) is 0 Å². The summed E-state index contributed by atoms with van der Waals surface area (Å²) in [5.41, 5.74) is 8.62. The lowest BCUT2D eigenvalue weighted by Gasteiger charge is -2.06. The van der Waals surface area contributed by atoms with E-state index in [2.05, 4.69) is 6.92 Å². The molecule has 75 valence electrons. The Hall–Kier alpha value is -0.955. The Morgan fingerprint density at radius 3 is 2.79 bits per heavy atom. The molecule has 0 aliphatic rings. The van der Waals surface area contributed by atoms with Crippen LogP contribution < -0.4 is 11.2 Å². The molecule has 0 saturated carbocycles. The molecule has 1 radical (unpaired) electrons. The maximum absolute atomic E-state index is 8.86. The molecule has 0 spiro atoms. The fraction of sp³-hybridized carbons (Fsp3) is 0.455. The van der Waals surface area contributed by atoms with E-state index in [0.717, 1.165) is 37.0 Å². The Bertz CT molecular complexity index is 289. The smallest absolute Gasteiger partial charge is 0.326 e. The molecule has 0 saturated heterocycles. The van der Waals surface area contributed by atoms with Crippen LogP contribution in [0, 0.1) is 0 Å². The van der Waals surface area contributed by atoms with E-state index in [4.69, 9.17) is 10.8 Å². The SMILES string of the molecule is CCCCCc1cc([B]O)ccc1N. The lowest BCUT2D eigenvalue weighted by molar-refractivity contribution is 0.615. The van der Waals surface area contributed by atoms with Crippen molar-refractivity contribution in [1.82, 2.24) is 0 Å². The van der Waals surface area contributed by atoms with Crippen molar-refractivity contribution >= 4 is 18.6 Å². The largest absolute Gasteiger partial charge is 0.450 e. The monoisotopic (exact) mass is 190 g/mol. The summed E-state index contributed by atoms with van der Waals surface area (Å²) in [6.45, 7) is 2.18. The van der Waals surface area contributed by atoms with Crippen molar-refractivity contribution in [1.29, 1.82) is 0 Å². The number of hydrogen-bond acceptors (Lipinski definition) is 2. The molecule has 3 heteroatoms. The average molecular weight is 190 g/mol. The van der Waals surface area contributed by atoms with Gasteiger partial charge in [0.25, 0.3) is 0 Å². The normalized spacial score (nSPS) is 10.1. The lowest BCUT2D eigenvalue weighted by atomic mass is 9.86. The summed E-state index contributed by atoms with van der Waals surface area (Å²) in [6, 6.07) is 5.62. The first-order valence-electron chi connectivity index (χ1n) is 5.13. The van der Waals surface area contributed by atoms with Crippen molar-refractivity contribution in [3.63, 3.8) is 0 Å². The van der Waals surface area contributed by atoms with E-state index >= 15 is 0 Å². The third-order valence-electron chi connectivity index (χ3n) is 2.37. The van der Waals surface area contributed by atoms with Gasteiger partial charge in [-0.1, -0.05) is 37.4 Å². The number of benzene rings is 1. The molecule has 0 unspecified atom stereocenters. The topological polar surface area (TPSA) is 46.2 Å². The second-order valence-electron chi connectivity index (χ2n) is 3.54. The number of unbranched alkanes of at least 4 members (excludes halogenated alkanes) is 2. The molecule has 0 fully saturated rings. The lowest BCUT2D eigenvalue weighted by Crippen LogP contribution is -2.14. The van der Waals surface area contributed by atoms with Crippen LogP contribution in [0.15, 0.2) is 18.2 Å². The summed E-state index contributed by atoms with van der Waals surface area (Å²) in [6.07, 6.45) is 4.61. The predicted octanol–water partition coefficient (Wildman–Crippen LogP) is 1.24. The molecule has 2 nitrogen and oxygen atoms in total. The van der Waals surface area contributed by atoms with Crippen LogP contribution in [0.25, 0.3) is 0 Å². The maximum Gasteiger partial charge on any atom is 0.326 e. The summed E-state index contributed by atoms with van der Waals surface area (Å²) in [5, 5.41) is 8.86. The van der Waals surface area contributed by atoms with Crippen molar-refractivity contribution < 1.29 is 5.02 Å². The molecule has 0 heterocycles. The Kier molecular flexibility index (Phi) is 4.53. The van der Waals surface area contributed by atoms with Gasteiger partial charge in [0.15, 0.2) is 0 Å². The van der Waals surface area contributed by atoms with E-state index < -0.39 is 0 Å². The van der Waals surface area contributed by atoms with Gasteiger partial charge in [0.1, 0.15) is 0 Å². The van der Waals surface area contributed by atoms with Crippen LogP contribution in [-0.2, 0) is 6.42 Å². The number of rotatable bonds is 5. The van der Waals surface area contributed by atoms with E-state index in [1.165, 1.54) is 12.8 Å². The highest BCUT2D eigenvalue weighted by molar-refractivity contribution is 6.45. The van der Waals surface area contributed by atoms with E-state index in [9.17, 15) is 0 Å². The van der Waals surface area contributed by atoms with Gasteiger partial charge in [-0.25, -0.2) is 0 Å². The molecule has 14 heavy (non-hydrogen) atoms. The van der Waals surface area contributed by atoms with Crippen molar-refractivity contribution in [3.8, 4) is 0 Å². The minimum absolute atomic E-state index is 0.825. The Balaban J connectivity index is 2.64. The van der Waals surface area contributed by atoms with Crippen LogP contribution in [-0.4, -0.2) is 12.5 Å². The van der Waals surface area contributed by atoms with Crippen molar-refractivity contribution in [2.75, 3.05) is 5.73 Å². The minimum Gasteiger partial charge on any atom is -0.450 e. The van der Waals surface area contributed by atoms with Gasteiger partial charge in [-0.05, 0) is 24.5 Å². The summed E-state index contributed by atoms with van der Waals surface area (Å²) in [7, 11) is 1.11. The van der Waals surface area contributed by atoms with Gasteiger partial charge in [0, 0.05) is 5.69 Å². The third kappa shape index (κ3) is 3.07. The molecule has 0 amide bonds. The Labute approximate surface area is 86.4 Å². The molecule has 0 aliphatic heterocycles. The first-order valence-corrected chi connectivity index (χ1v) is 5.13. The zero-order chi connectivity index (χ0) is 10.4.